The van der Waals surface area contributed by atoms with Crippen molar-refractivity contribution in [2.75, 3.05) is 0 Å². The molecule has 3 aromatic rings. The number of hydrogen-bond donors (Lipinski definition) is 0. The first-order valence-electron chi connectivity index (χ1n) is 6.70. The van der Waals surface area contributed by atoms with Crippen molar-refractivity contribution in [3.05, 3.63) is 80.8 Å². The van der Waals surface area contributed by atoms with Crippen LogP contribution in [-0.4, -0.2) is 10.9 Å². The molecular formula is C17H10BrNO4. The minimum absolute atomic E-state index is 0.131. The number of fused-ring (bicyclic) bond motifs is 1. The molecule has 0 unspecified atom stereocenters. The minimum atomic E-state index is -0.638. The SMILES string of the molecule is O=C(Oc1ccc(Br)c2ccccc12)c1cccc([N+](=O)[O-])c1. The largest absolute Gasteiger partial charge is 0.422 e. The topological polar surface area (TPSA) is 69.4 Å². The maximum atomic E-state index is 12.3. The first kappa shape index (κ1) is 15.2. The highest BCUT2D eigenvalue weighted by atomic mass is 79.9. The van der Waals surface area contributed by atoms with Crippen molar-refractivity contribution in [1.82, 2.24) is 0 Å². The molecule has 0 atom stereocenters. The molecule has 0 saturated heterocycles. The quantitative estimate of drug-likeness (QED) is 0.289. The highest BCUT2D eigenvalue weighted by molar-refractivity contribution is 9.10. The molecule has 3 aromatic carbocycles. The van der Waals surface area contributed by atoms with E-state index in [1.54, 1.807) is 12.1 Å². The van der Waals surface area contributed by atoms with Crippen molar-refractivity contribution in [2.24, 2.45) is 0 Å². The Morgan fingerprint density at radius 3 is 2.48 bits per heavy atom. The zero-order chi connectivity index (χ0) is 16.4. The summed E-state index contributed by atoms with van der Waals surface area (Å²) in [6.45, 7) is 0. The third kappa shape index (κ3) is 3.07. The van der Waals surface area contributed by atoms with E-state index in [-0.39, 0.29) is 11.3 Å². The van der Waals surface area contributed by atoms with E-state index in [1.165, 1.54) is 24.3 Å². The predicted molar refractivity (Wildman–Crippen MR) is 89.7 cm³/mol. The highest BCUT2D eigenvalue weighted by Gasteiger charge is 2.15. The first-order chi connectivity index (χ1) is 11.1. The number of hydrogen-bond acceptors (Lipinski definition) is 4. The van der Waals surface area contributed by atoms with Gasteiger partial charge in [0.05, 0.1) is 10.5 Å². The standard InChI is InChI=1S/C17H10BrNO4/c18-15-8-9-16(14-7-2-1-6-13(14)15)23-17(20)11-4-3-5-12(10-11)19(21)22/h1-10H. The lowest BCUT2D eigenvalue weighted by Gasteiger charge is -2.09. The molecule has 0 heterocycles. The van der Waals surface area contributed by atoms with E-state index in [0.717, 1.165) is 15.2 Å². The molecule has 0 N–H and O–H groups in total. The van der Waals surface area contributed by atoms with Gasteiger partial charge in [0.25, 0.3) is 5.69 Å². The third-order valence-electron chi connectivity index (χ3n) is 3.33. The van der Waals surface area contributed by atoms with E-state index in [0.29, 0.717) is 5.75 Å². The number of ether oxygens (including phenoxy) is 1. The number of halogens is 1. The number of non-ortho nitro benzene ring substituents is 1. The Morgan fingerprint density at radius 1 is 1.00 bits per heavy atom. The number of nitro benzene ring substituents is 1. The second-order valence-electron chi connectivity index (χ2n) is 4.79. The lowest BCUT2D eigenvalue weighted by Crippen LogP contribution is -2.09. The molecule has 0 radical (unpaired) electrons. The lowest BCUT2D eigenvalue weighted by atomic mass is 10.1. The minimum Gasteiger partial charge on any atom is -0.422 e. The molecular weight excluding hydrogens is 362 g/mol. The van der Waals surface area contributed by atoms with Gasteiger partial charge in [-0.25, -0.2) is 4.79 Å². The van der Waals surface area contributed by atoms with Crippen molar-refractivity contribution in [3.8, 4) is 5.75 Å². The molecule has 0 fully saturated rings. The van der Waals surface area contributed by atoms with Gasteiger partial charge in [-0.1, -0.05) is 46.3 Å². The number of nitrogens with zero attached hydrogens (tertiary/aromatic N) is 1. The molecule has 0 amide bonds. The predicted octanol–water partition coefficient (Wildman–Crippen LogP) is 4.73. The van der Waals surface area contributed by atoms with E-state index in [1.807, 2.05) is 24.3 Å². The van der Waals surface area contributed by atoms with E-state index < -0.39 is 10.9 Å². The van der Waals surface area contributed by atoms with Gasteiger partial charge in [-0.05, 0) is 23.6 Å². The van der Waals surface area contributed by atoms with Gasteiger partial charge < -0.3 is 4.74 Å². The van der Waals surface area contributed by atoms with E-state index >= 15 is 0 Å². The van der Waals surface area contributed by atoms with Gasteiger partial charge in [-0.15, -0.1) is 0 Å². The number of rotatable bonds is 3. The van der Waals surface area contributed by atoms with Gasteiger partial charge in [0, 0.05) is 22.0 Å². The van der Waals surface area contributed by atoms with Gasteiger partial charge in [0.15, 0.2) is 0 Å². The van der Waals surface area contributed by atoms with Crippen molar-refractivity contribution in [1.29, 1.82) is 0 Å². The Bertz CT molecular complexity index is 923. The summed E-state index contributed by atoms with van der Waals surface area (Å²) in [5, 5.41) is 12.5. The third-order valence-corrected chi connectivity index (χ3v) is 4.02. The van der Waals surface area contributed by atoms with Crippen LogP contribution in [0.2, 0.25) is 0 Å². The molecule has 0 spiro atoms. The van der Waals surface area contributed by atoms with E-state index in [2.05, 4.69) is 15.9 Å². The zero-order valence-corrected chi connectivity index (χ0v) is 13.3. The first-order valence-corrected chi connectivity index (χ1v) is 7.49. The average Bonchev–Trinajstić information content (AvgIpc) is 2.57. The second kappa shape index (κ2) is 6.18. The van der Waals surface area contributed by atoms with Crippen LogP contribution in [-0.2, 0) is 0 Å². The van der Waals surface area contributed by atoms with Gasteiger partial charge in [0.2, 0.25) is 0 Å². The zero-order valence-electron chi connectivity index (χ0n) is 11.7. The van der Waals surface area contributed by atoms with Crippen LogP contribution in [0.1, 0.15) is 10.4 Å². The van der Waals surface area contributed by atoms with Crippen molar-refractivity contribution in [3.63, 3.8) is 0 Å². The van der Waals surface area contributed by atoms with Crippen LogP contribution in [0.5, 0.6) is 5.75 Å². The molecule has 114 valence electrons. The molecule has 6 heteroatoms. The molecule has 0 aliphatic carbocycles. The number of nitro groups is 1. The summed E-state index contributed by atoms with van der Waals surface area (Å²) in [7, 11) is 0. The number of benzene rings is 3. The maximum Gasteiger partial charge on any atom is 0.343 e. The van der Waals surface area contributed by atoms with E-state index in [9.17, 15) is 14.9 Å². The summed E-state index contributed by atoms with van der Waals surface area (Å²) in [5.74, 6) is -0.235. The van der Waals surface area contributed by atoms with E-state index in [4.69, 9.17) is 4.74 Å². The molecule has 23 heavy (non-hydrogen) atoms. The fraction of sp³-hybridized carbons (Fsp3) is 0. The van der Waals surface area contributed by atoms with Crippen LogP contribution >= 0.6 is 15.9 Å². The molecule has 0 aliphatic rings. The van der Waals surface area contributed by atoms with Crippen LogP contribution in [0, 0.1) is 10.1 Å². The molecule has 0 saturated carbocycles. The normalized spacial score (nSPS) is 10.5. The van der Waals surface area contributed by atoms with Crippen LogP contribution in [0.25, 0.3) is 10.8 Å². The van der Waals surface area contributed by atoms with Gasteiger partial charge in [0.1, 0.15) is 5.75 Å². The second-order valence-corrected chi connectivity index (χ2v) is 5.64. The monoisotopic (exact) mass is 371 g/mol. The summed E-state index contributed by atoms with van der Waals surface area (Å²) in [5.41, 5.74) is -0.0219. The summed E-state index contributed by atoms with van der Waals surface area (Å²) < 4.78 is 6.31. The maximum absolute atomic E-state index is 12.3. The molecule has 0 aliphatic heterocycles. The highest BCUT2D eigenvalue weighted by Crippen LogP contribution is 2.32. The van der Waals surface area contributed by atoms with Crippen molar-refractivity contribution < 1.29 is 14.5 Å². The summed E-state index contributed by atoms with van der Waals surface area (Å²) >= 11 is 3.45. The fourth-order valence-electron chi connectivity index (χ4n) is 2.23. The van der Waals surface area contributed by atoms with Crippen molar-refractivity contribution in [2.45, 2.75) is 0 Å². The van der Waals surface area contributed by atoms with Crippen LogP contribution < -0.4 is 4.74 Å². The Hall–Kier alpha value is -2.73. The molecule has 0 bridgehead atoms. The molecule has 3 rings (SSSR count). The lowest BCUT2D eigenvalue weighted by molar-refractivity contribution is -0.384. The number of carbonyl (C=O) groups excluding carboxylic acids is 1. The summed E-state index contributed by atoms with van der Waals surface area (Å²) in [6.07, 6.45) is 0. The molecule has 5 nitrogen and oxygen atoms in total. The smallest absolute Gasteiger partial charge is 0.343 e. The number of esters is 1. The fourth-order valence-corrected chi connectivity index (χ4v) is 2.71. The van der Waals surface area contributed by atoms with Crippen LogP contribution in [0.15, 0.2) is 65.1 Å². The van der Waals surface area contributed by atoms with Gasteiger partial charge >= 0.3 is 5.97 Å². The molecule has 0 aromatic heterocycles. The van der Waals surface area contributed by atoms with Gasteiger partial charge in [-0.2, -0.15) is 0 Å². The Balaban J connectivity index is 1.96. The van der Waals surface area contributed by atoms with Crippen molar-refractivity contribution >= 4 is 38.4 Å². The van der Waals surface area contributed by atoms with Gasteiger partial charge in [-0.3, -0.25) is 10.1 Å². The summed E-state index contributed by atoms with van der Waals surface area (Å²) in [4.78, 5) is 22.5. The van der Waals surface area contributed by atoms with Crippen LogP contribution in [0.4, 0.5) is 5.69 Å². The number of carbonyl (C=O) groups is 1. The Kier molecular flexibility index (Phi) is 4.08. The Labute approximate surface area is 139 Å². The Morgan fingerprint density at radius 2 is 1.74 bits per heavy atom. The van der Waals surface area contributed by atoms with Crippen LogP contribution in [0.3, 0.4) is 0 Å². The summed E-state index contributed by atoms with van der Waals surface area (Å²) in [6, 6.07) is 16.4. The average molecular weight is 372 g/mol.